The molecule has 6 heteroatoms. The Hall–Kier alpha value is -2.01. The molecule has 0 saturated carbocycles. The van der Waals surface area contributed by atoms with Crippen molar-refractivity contribution < 1.29 is 14.3 Å². The van der Waals surface area contributed by atoms with Gasteiger partial charge in [-0.25, -0.2) is 14.3 Å². The molecule has 118 valence electrons. The van der Waals surface area contributed by atoms with Crippen molar-refractivity contribution in [2.24, 2.45) is 5.41 Å². The lowest BCUT2D eigenvalue weighted by Gasteiger charge is -2.30. The summed E-state index contributed by atoms with van der Waals surface area (Å²) >= 11 is 6.06. The van der Waals surface area contributed by atoms with Crippen LogP contribution < -0.4 is 4.74 Å². The molecule has 1 heterocycles. The van der Waals surface area contributed by atoms with Gasteiger partial charge in [0.2, 0.25) is 0 Å². The summed E-state index contributed by atoms with van der Waals surface area (Å²) in [4.78, 5) is 15.9. The van der Waals surface area contributed by atoms with Gasteiger partial charge in [0.25, 0.3) is 0 Å². The second-order valence-corrected chi connectivity index (χ2v) is 6.36. The zero-order chi connectivity index (χ0) is 16.2. The van der Waals surface area contributed by atoms with Crippen molar-refractivity contribution in [1.82, 2.24) is 9.55 Å². The Morgan fingerprint density at radius 3 is 2.68 bits per heavy atom. The molecule has 0 bridgehead atoms. The Bertz CT molecular complexity index is 621. The van der Waals surface area contributed by atoms with E-state index < -0.39 is 12.2 Å². The number of para-hydroxylation sites is 1. The van der Waals surface area contributed by atoms with Gasteiger partial charge in [-0.3, -0.25) is 0 Å². The Balaban J connectivity index is 2.04. The molecule has 0 fully saturated rings. The highest BCUT2D eigenvalue weighted by Gasteiger charge is 2.30. The van der Waals surface area contributed by atoms with Gasteiger partial charge in [0, 0.05) is 17.8 Å². The fraction of sp³-hybridized carbons (Fsp3) is 0.375. The Labute approximate surface area is 134 Å². The van der Waals surface area contributed by atoms with E-state index in [1.165, 1.54) is 23.3 Å². The van der Waals surface area contributed by atoms with Crippen molar-refractivity contribution in [1.29, 1.82) is 0 Å². The molecular weight excluding hydrogens is 304 g/mol. The van der Waals surface area contributed by atoms with E-state index in [9.17, 15) is 4.79 Å². The van der Waals surface area contributed by atoms with Crippen LogP contribution in [0.15, 0.2) is 43.0 Å². The number of nitrogens with zero attached hydrogens (tertiary/aromatic N) is 2. The number of ether oxygens (including phenoxy) is 2. The summed E-state index contributed by atoms with van der Waals surface area (Å²) in [5, 5.41) is 0.524. The molecule has 0 radical (unpaired) electrons. The molecule has 0 aliphatic heterocycles. The monoisotopic (exact) mass is 322 g/mol. The van der Waals surface area contributed by atoms with Crippen LogP contribution in [-0.4, -0.2) is 28.4 Å². The number of carbonyl (C=O) groups is 1. The lowest BCUT2D eigenvalue weighted by molar-refractivity contribution is 0.00212. The summed E-state index contributed by atoms with van der Waals surface area (Å²) in [6, 6.07) is 7.19. The van der Waals surface area contributed by atoms with Gasteiger partial charge in [-0.05, 0) is 12.1 Å². The van der Waals surface area contributed by atoms with E-state index in [-0.39, 0.29) is 12.0 Å². The summed E-state index contributed by atoms with van der Waals surface area (Å²) in [7, 11) is 0. The number of imidazole rings is 1. The zero-order valence-corrected chi connectivity index (χ0v) is 13.6. The molecule has 2 aromatic rings. The van der Waals surface area contributed by atoms with Gasteiger partial charge in [-0.15, -0.1) is 0 Å². The summed E-state index contributed by atoms with van der Waals surface area (Å²) in [6.07, 6.45) is 3.54. The number of aromatic nitrogens is 2. The average molecular weight is 323 g/mol. The van der Waals surface area contributed by atoms with Crippen LogP contribution in [-0.2, 0) is 4.74 Å². The second kappa shape index (κ2) is 6.83. The van der Waals surface area contributed by atoms with E-state index in [0.29, 0.717) is 10.8 Å². The Kier molecular flexibility index (Phi) is 5.08. The molecule has 22 heavy (non-hydrogen) atoms. The normalized spacial score (nSPS) is 12.7. The second-order valence-electron chi connectivity index (χ2n) is 5.95. The third-order valence-corrected chi connectivity index (χ3v) is 3.46. The number of rotatable bonds is 4. The van der Waals surface area contributed by atoms with E-state index in [1.807, 2.05) is 32.9 Å². The summed E-state index contributed by atoms with van der Waals surface area (Å²) in [5.74, 6) is 0.567. The van der Waals surface area contributed by atoms with Crippen molar-refractivity contribution in [3.8, 4) is 5.75 Å². The Morgan fingerprint density at radius 2 is 2.09 bits per heavy atom. The predicted molar refractivity (Wildman–Crippen MR) is 84.3 cm³/mol. The third kappa shape index (κ3) is 4.24. The summed E-state index contributed by atoms with van der Waals surface area (Å²) in [6.45, 7) is 6.16. The number of hydrogen-bond acceptors (Lipinski definition) is 4. The first-order valence-electron chi connectivity index (χ1n) is 6.94. The first kappa shape index (κ1) is 16.4. The molecular formula is C16H19ClN2O3. The van der Waals surface area contributed by atoms with Crippen molar-refractivity contribution in [2.45, 2.75) is 26.9 Å². The van der Waals surface area contributed by atoms with Gasteiger partial charge in [0.15, 0.2) is 0 Å². The fourth-order valence-corrected chi connectivity index (χ4v) is 1.93. The van der Waals surface area contributed by atoms with E-state index in [1.54, 1.807) is 12.1 Å². The molecule has 0 amide bonds. The van der Waals surface area contributed by atoms with Crippen LogP contribution in [0.25, 0.3) is 0 Å². The van der Waals surface area contributed by atoms with Crippen LogP contribution in [0.3, 0.4) is 0 Å². The van der Waals surface area contributed by atoms with Gasteiger partial charge >= 0.3 is 6.09 Å². The average Bonchev–Trinajstić information content (AvgIpc) is 2.97. The fourth-order valence-electron chi connectivity index (χ4n) is 1.74. The van der Waals surface area contributed by atoms with Crippen molar-refractivity contribution in [2.75, 3.05) is 6.61 Å². The van der Waals surface area contributed by atoms with Crippen LogP contribution in [0.4, 0.5) is 4.79 Å². The van der Waals surface area contributed by atoms with E-state index in [4.69, 9.17) is 21.1 Å². The van der Waals surface area contributed by atoms with Crippen LogP contribution in [0, 0.1) is 5.41 Å². The van der Waals surface area contributed by atoms with Crippen molar-refractivity contribution >= 4 is 17.7 Å². The minimum Gasteiger partial charge on any atom is -0.488 e. The summed E-state index contributed by atoms with van der Waals surface area (Å²) in [5.41, 5.74) is -0.280. The first-order valence-corrected chi connectivity index (χ1v) is 7.32. The van der Waals surface area contributed by atoms with Gasteiger partial charge < -0.3 is 9.47 Å². The highest BCUT2D eigenvalue weighted by Crippen LogP contribution is 2.27. The zero-order valence-electron chi connectivity index (χ0n) is 12.8. The molecule has 0 saturated heterocycles. The van der Waals surface area contributed by atoms with E-state index >= 15 is 0 Å². The first-order chi connectivity index (χ1) is 10.4. The largest absolute Gasteiger partial charge is 0.488 e. The molecule has 1 unspecified atom stereocenters. The molecule has 1 aromatic carbocycles. The lowest BCUT2D eigenvalue weighted by atomic mass is 9.89. The molecule has 1 atom stereocenters. The van der Waals surface area contributed by atoms with E-state index in [2.05, 4.69) is 4.98 Å². The molecule has 0 N–H and O–H groups in total. The van der Waals surface area contributed by atoms with Gasteiger partial charge in [-0.2, -0.15) is 0 Å². The molecule has 0 aliphatic rings. The highest BCUT2D eigenvalue weighted by atomic mass is 35.5. The predicted octanol–water partition coefficient (Wildman–Crippen LogP) is 4.01. The summed E-state index contributed by atoms with van der Waals surface area (Å²) < 4.78 is 12.5. The number of carbonyl (C=O) groups excluding carboxylic acids is 1. The SMILES string of the molecule is CC(C)(C)C(COc1ccccc1Cl)OC(=O)n1ccnc1. The van der Waals surface area contributed by atoms with Crippen LogP contribution >= 0.6 is 11.6 Å². The van der Waals surface area contributed by atoms with Crippen molar-refractivity contribution in [3.63, 3.8) is 0 Å². The molecule has 2 rings (SSSR count). The maximum atomic E-state index is 12.1. The molecule has 0 spiro atoms. The van der Waals surface area contributed by atoms with Gasteiger partial charge in [-0.1, -0.05) is 44.5 Å². The van der Waals surface area contributed by atoms with E-state index in [0.717, 1.165) is 0 Å². The standard InChI is InChI=1S/C16H19ClN2O3/c1-16(2,3)14(22-15(20)19-9-8-18-11-19)10-21-13-7-5-4-6-12(13)17/h4-9,11,14H,10H2,1-3H3. The highest BCUT2D eigenvalue weighted by molar-refractivity contribution is 6.32. The number of hydrogen-bond donors (Lipinski definition) is 0. The number of halogens is 1. The maximum absolute atomic E-state index is 12.1. The third-order valence-electron chi connectivity index (χ3n) is 3.15. The quantitative estimate of drug-likeness (QED) is 0.853. The molecule has 1 aromatic heterocycles. The lowest BCUT2D eigenvalue weighted by Crippen LogP contribution is -2.37. The van der Waals surface area contributed by atoms with Crippen LogP contribution in [0.5, 0.6) is 5.75 Å². The maximum Gasteiger partial charge on any atom is 0.419 e. The Morgan fingerprint density at radius 1 is 1.36 bits per heavy atom. The minimum absolute atomic E-state index is 0.216. The minimum atomic E-state index is -0.486. The molecule has 0 aliphatic carbocycles. The smallest absolute Gasteiger partial charge is 0.419 e. The van der Waals surface area contributed by atoms with Crippen LogP contribution in [0.2, 0.25) is 5.02 Å². The van der Waals surface area contributed by atoms with Gasteiger partial charge in [0.1, 0.15) is 24.8 Å². The van der Waals surface area contributed by atoms with Gasteiger partial charge in [0.05, 0.1) is 5.02 Å². The van der Waals surface area contributed by atoms with Crippen LogP contribution in [0.1, 0.15) is 20.8 Å². The topological polar surface area (TPSA) is 53.4 Å². The van der Waals surface area contributed by atoms with Crippen molar-refractivity contribution in [3.05, 3.63) is 48.0 Å². The number of benzene rings is 1. The molecule has 5 nitrogen and oxygen atoms in total.